The third-order valence-corrected chi connectivity index (χ3v) is 5.76. The van der Waals surface area contributed by atoms with Crippen molar-refractivity contribution in [3.63, 3.8) is 0 Å². The highest BCUT2D eigenvalue weighted by Gasteiger charge is 2.26. The van der Waals surface area contributed by atoms with E-state index in [4.69, 9.17) is 5.11 Å². The fraction of sp³-hybridized carbons (Fsp3) is 0.500. The van der Waals surface area contributed by atoms with Crippen LogP contribution in [0.4, 0.5) is 5.69 Å². The molecule has 7 heteroatoms. The zero-order chi connectivity index (χ0) is 15.6. The van der Waals surface area contributed by atoms with Crippen molar-refractivity contribution in [2.75, 3.05) is 31.1 Å². The Morgan fingerprint density at radius 2 is 2.00 bits per heavy atom. The Balaban J connectivity index is 2.33. The number of rotatable bonds is 6. The van der Waals surface area contributed by atoms with Crippen LogP contribution in [0.5, 0.6) is 0 Å². The van der Waals surface area contributed by atoms with E-state index in [0.717, 1.165) is 11.3 Å². The minimum atomic E-state index is -3.46. The number of nitrogens with zero attached hydrogens (tertiary/aromatic N) is 2. The molecule has 0 aliphatic carbocycles. The highest BCUT2D eigenvalue weighted by atomic mass is 32.2. The first-order chi connectivity index (χ1) is 9.90. The Morgan fingerprint density at radius 1 is 1.33 bits per heavy atom. The van der Waals surface area contributed by atoms with Gasteiger partial charge in [0.25, 0.3) is 0 Å². The van der Waals surface area contributed by atoms with Crippen LogP contribution < -0.4 is 4.90 Å². The quantitative estimate of drug-likeness (QED) is 0.853. The lowest BCUT2D eigenvalue weighted by Crippen LogP contribution is -2.30. The molecule has 0 atom stereocenters. The molecule has 0 unspecified atom stereocenters. The second-order valence-electron chi connectivity index (χ2n) is 4.95. The van der Waals surface area contributed by atoms with E-state index in [1.165, 1.54) is 4.31 Å². The minimum absolute atomic E-state index is 0.0604. The molecule has 1 aromatic carbocycles. The molecule has 0 bridgehead atoms. The number of anilines is 1. The van der Waals surface area contributed by atoms with Gasteiger partial charge in [0.1, 0.15) is 6.54 Å². The van der Waals surface area contributed by atoms with E-state index in [-0.39, 0.29) is 11.4 Å². The average Bonchev–Trinajstić information content (AvgIpc) is 2.81. The molecule has 1 N–H and O–H groups in total. The van der Waals surface area contributed by atoms with E-state index in [0.29, 0.717) is 26.1 Å². The average molecular weight is 312 g/mol. The second-order valence-corrected chi connectivity index (χ2v) is 6.88. The predicted octanol–water partition coefficient (Wildman–Crippen LogP) is 1.16. The highest BCUT2D eigenvalue weighted by molar-refractivity contribution is 7.89. The molecule has 1 heterocycles. The first kappa shape index (κ1) is 15.8. The molecule has 116 valence electrons. The second kappa shape index (κ2) is 6.03. The Hall–Kier alpha value is -1.60. The highest BCUT2D eigenvalue weighted by Crippen LogP contribution is 2.30. The summed E-state index contributed by atoms with van der Waals surface area (Å²) < 4.78 is 26.4. The van der Waals surface area contributed by atoms with Gasteiger partial charge in [-0.2, -0.15) is 4.31 Å². The lowest BCUT2D eigenvalue weighted by molar-refractivity contribution is -0.135. The van der Waals surface area contributed by atoms with E-state index in [1.54, 1.807) is 23.1 Å². The fourth-order valence-electron chi connectivity index (χ4n) is 2.65. The van der Waals surface area contributed by atoms with Crippen LogP contribution in [-0.2, 0) is 21.2 Å². The van der Waals surface area contributed by atoms with Crippen LogP contribution in [0.2, 0.25) is 0 Å². The molecule has 0 saturated heterocycles. The van der Waals surface area contributed by atoms with Crippen molar-refractivity contribution in [3.8, 4) is 0 Å². The molecule has 0 saturated carbocycles. The van der Waals surface area contributed by atoms with E-state index < -0.39 is 16.0 Å². The molecule has 0 radical (unpaired) electrons. The Bertz CT molecular complexity index is 638. The lowest BCUT2D eigenvalue weighted by atomic mass is 10.2. The van der Waals surface area contributed by atoms with Gasteiger partial charge < -0.3 is 10.0 Å². The molecular weight excluding hydrogens is 292 g/mol. The van der Waals surface area contributed by atoms with Gasteiger partial charge in [-0.25, -0.2) is 8.42 Å². The van der Waals surface area contributed by atoms with E-state index in [1.807, 2.05) is 13.8 Å². The molecule has 1 aliphatic rings. The smallest absolute Gasteiger partial charge is 0.323 e. The lowest BCUT2D eigenvalue weighted by Gasteiger charge is -2.20. The number of hydrogen-bond acceptors (Lipinski definition) is 4. The molecule has 1 aliphatic heterocycles. The van der Waals surface area contributed by atoms with Crippen molar-refractivity contribution in [1.82, 2.24) is 4.31 Å². The van der Waals surface area contributed by atoms with Gasteiger partial charge in [0.15, 0.2) is 0 Å². The summed E-state index contributed by atoms with van der Waals surface area (Å²) in [6.45, 7) is 5.03. The van der Waals surface area contributed by atoms with Gasteiger partial charge >= 0.3 is 5.97 Å². The van der Waals surface area contributed by atoms with Crippen molar-refractivity contribution < 1.29 is 18.3 Å². The van der Waals surface area contributed by atoms with E-state index in [9.17, 15) is 13.2 Å². The monoisotopic (exact) mass is 312 g/mol. The Labute approximate surface area is 125 Å². The number of carboxylic acid groups (broad SMARTS) is 1. The number of aliphatic carboxylic acids is 1. The summed E-state index contributed by atoms with van der Waals surface area (Å²) in [5.74, 6) is -0.886. The van der Waals surface area contributed by atoms with Gasteiger partial charge in [0, 0.05) is 25.3 Å². The minimum Gasteiger partial charge on any atom is -0.480 e. The summed E-state index contributed by atoms with van der Waals surface area (Å²) >= 11 is 0. The molecule has 21 heavy (non-hydrogen) atoms. The van der Waals surface area contributed by atoms with Gasteiger partial charge in [-0.15, -0.1) is 0 Å². The first-order valence-corrected chi connectivity index (χ1v) is 8.44. The molecule has 6 nitrogen and oxygen atoms in total. The fourth-order valence-corrected chi connectivity index (χ4v) is 4.16. The van der Waals surface area contributed by atoms with Crippen LogP contribution in [-0.4, -0.2) is 50.0 Å². The summed E-state index contributed by atoms with van der Waals surface area (Å²) in [6, 6.07) is 4.94. The normalized spacial score (nSPS) is 14.5. The zero-order valence-corrected chi connectivity index (χ0v) is 13.1. The first-order valence-electron chi connectivity index (χ1n) is 7.00. The van der Waals surface area contributed by atoms with Crippen molar-refractivity contribution in [1.29, 1.82) is 0 Å². The third-order valence-electron chi connectivity index (χ3n) is 3.71. The SMILES string of the molecule is CCN(CC)S(=O)(=O)c1ccc2c(c1)CCN2CC(=O)O. The standard InChI is InChI=1S/C14H20N2O4S/c1-3-16(4-2)21(19,20)12-5-6-13-11(9-12)7-8-15(13)10-14(17)18/h5-6,9H,3-4,7-8,10H2,1-2H3,(H,17,18). The van der Waals surface area contributed by atoms with Crippen LogP contribution in [0.25, 0.3) is 0 Å². The van der Waals surface area contributed by atoms with Gasteiger partial charge in [-0.05, 0) is 30.2 Å². The Morgan fingerprint density at radius 3 is 2.57 bits per heavy atom. The summed E-state index contributed by atoms with van der Waals surface area (Å²) in [5.41, 5.74) is 1.71. The molecule has 1 aromatic rings. The van der Waals surface area contributed by atoms with Crippen molar-refractivity contribution >= 4 is 21.7 Å². The Kier molecular flexibility index (Phi) is 4.53. The third kappa shape index (κ3) is 3.03. The topological polar surface area (TPSA) is 77.9 Å². The van der Waals surface area contributed by atoms with Gasteiger partial charge in [-0.1, -0.05) is 13.8 Å². The summed E-state index contributed by atoms with van der Waals surface area (Å²) in [6.07, 6.45) is 0.671. The molecular formula is C14H20N2O4S. The van der Waals surface area contributed by atoms with E-state index in [2.05, 4.69) is 0 Å². The maximum Gasteiger partial charge on any atom is 0.323 e. The maximum absolute atomic E-state index is 12.5. The number of benzene rings is 1. The van der Waals surface area contributed by atoms with Crippen molar-refractivity contribution in [2.24, 2.45) is 0 Å². The molecule has 0 aromatic heterocycles. The molecule has 0 spiro atoms. The van der Waals surface area contributed by atoms with Crippen molar-refractivity contribution in [3.05, 3.63) is 23.8 Å². The maximum atomic E-state index is 12.5. The number of sulfonamides is 1. The molecule has 2 rings (SSSR count). The van der Waals surface area contributed by atoms with E-state index >= 15 is 0 Å². The summed E-state index contributed by atoms with van der Waals surface area (Å²) in [7, 11) is -3.46. The van der Waals surface area contributed by atoms with Crippen LogP contribution in [0, 0.1) is 0 Å². The number of carbonyl (C=O) groups is 1. The number of carboxylic acids is 1. The van der Waals surface area contributed by atoms with Gasteiger partial charge in [0.05, 0.1) is 4.90 Å². The van der Waals surface area contributed by atoms with Crippen LogP contribution >= 0.6 is 0 Å². The molecule has 0 amide bonds. The van der Waals surface area contributed by atoms with Crippen LogP contribution in [0.15, 0.2) is 23.1 Å². The van der Waals surface area contributed by atoms with Crippen LogP contribution in [0.1, 0.15) is 19.4 Å². The zero-order valence-electron chi connectivity index (χ0n) is 12.2. The van der Waals surface area contributed by atoms with Gasteiger partial charge in [-0.3, -0.25) is 4.79 Å². The molecule has 0 fully saturated rings. The predicted molar refractivity (Wildman–Crippen MR) is 80.1 cm³/mol. The number of fused-ring (bicyclic) bond motifs is 1. The van der Waals surface area contributed by atoms with Crippen LogP contribution in [0.3, 0.4) is 0 Å². The summed E-state index contributed by atoms with van der Waals surface area (Å²) in [4.78, 5) is 12.8. The van der Waals surface area contributed by atoms with Crippen molar-refractivity contribution in [2.45, 2.75) is 25.2 Å². The number of hydrogen-bond donors (Lipinski definition) is 1. The largest absolute Gasteiger partial charge is 0.480 e. The van der Waals surface area contributed by atoms with Gasteiger partial charge in [0.2, 0.25) is 10.0 Å². The summed E-state index contributed by atoms with van der Waals surface area (Å²) in [5, 5.41) is 8.88.